The van der Waals surface area contributed by atoms with Gasteiger partial charge >= 0.3 is 6.18 Å². The molecule has 6 nitrogen and oxygen atoms in total. The van der Waals surface area contributed by atoms with Crippen molar-refractivity contribution in [3.63, 3.8) is 0 Å². The molecule has 2 aromatic carbocycles. The highest BCUT2D eigenvalue weighted by Gasteiger charge is 2.31. The molecule has 0 atom stereocenters. The van der Waals surface area contributed by atoms with Crippen LogP contribution in [0.3, 0.4) is 0 Å². The summed E-state index contributed by atoms with van der Waals surface area (Å²) < 4.78 is 86.6. The highest BCUT2D eigenvalue weighted by atomic mass is 19.4. The lowest BCUT2D eigenvalue weighted by Crippen LogP contribution is -2.05. The predicted molar refractivity (Wildman–Crippen MR) is 106 cm³/mol. The first kappa shape index (κ1) is 21.6. The van der Waals surface area contributed by atoms with Crippen molar-refractivity contribution in [2.45, 2.75) is 12.7 Å². The van der Waals surface area contributed by atoms with E-state index in [1.807, 2.05) is 0 Å². The zero-order valence-electron chi connectivity index (χ0n) is 16.8. The fraction of sp³-hybridized carbons (Fsp3) is 0.0909. The first-order chi connectivity index (χ1) is 16.2. The van der Waals surface area contributed by atoms with Crippen LogP contribution in [0.5, 0.6) is 0 Å². The lowest BCUT2D eigenvalue weighted by molar-refractivity contribution is -0.137. The van der Waals surface area contributed by atoms with Crippen LogP contribution < -0.4 is 0 Å². The average Bonchev–Trinajstić information content (AvgIpc) is 3.41. The minimum absolute atomic E-state index is 0.00807. The van der Waals surface area contributed by atoms with Gasteiger partial charge in [-0.05, 0) is 30.3 Å². The Labute approximate surface area is 186 Å². The van der Waals surface area contributed by atoms with Crippen LogP contribution in [-0.2, 0) is 12.7 Å². The molecular formula is C22H11F6N5O. The van der Waals surface area contributed by atoms with Gasteiger partial charge < -0.3 is 4.52 Å². The minimum atomic E-state index is -4.67. The summed E-state index contributed by atoms with van der Waals surface area (Å²) in [5.41, 5.74) is -0.651. The van der Waals surface area contributed by atoms with Crippen LogP contribution in [0.2, 0.25) is 0 Å². The zero-order valence-corrected chi connectivity index (χ0v) is 16.8. The van der Waals surface area contributed by atoms with Crippen molar-refractivity contribution in [1.29, 1.82) is 0 Å². The molecule has 3 aromatic rings. The van der Waals surface area contributed by atoms with Gasteiger partial charge in [-0.1, -0.05) is 11.2 Å². The predicted octanol–water partition coefficient (Wildman–Crippen LogP) is 5.58. The quantitative estimate of drug-likeness (QED) is 0.317. The molecule has 2 aliphatic rings. The van der Waals surface area contributed by atoms with Gasteiger partial charge in [-0.2, -0.15) is 18.3 Å². The van der Waals surface area contributed by atoms with Crippen molar-refractivity contribution in [1.82, 2.24) is 24.9 Å². The molecule has 5 rings (SSSR count). The van der Waals surface area contributed by atoms with E-state index in [1.54, 1.807) is 0 Å². The molecular weight excluding hydrogens is 464 g/mol. The summed E-state index contributed by atoms with van der Waals surface area (Å²) in [6.07, 6.45) is -1.81. The lowest BCUT2D eigenvalue weighted by atomic mass is 10.1. The van der Waals surface area contributed by atoms with Gasteiger partial charge in [0.05, 0.1) is 23.5 Å². The molecule has 0 spiro atoms. The van der Waals surface area contributed by atoms with Gasteiger partial charge in [0.25, 0.3) is 0 Å². The molecule has 172 valence electrons. The Bertz CT molecular complexity index is 1480. The SMILES string of the molecule is Fc1cc(C(F)(F)F)ccc1-c1cc(Cn2cc3nc(-c4cccc(F)c4F)nc-3cn2)on1. The molecule has 0 unspecified atom stereocenters. The second kappa shape index (κ2) is 7.97. The molecule has 3 heterocycles. The van der Waals surface area contributed by atoms with Gasteiger partial charge in [0.1, 0.15) is 29.4 Å². The Morgan fingerprint density at radius 2 is 1.65 bits per heavy atom. The van der Waals surface area contributed by atoms with E-state index in [9.17, 15) is 26.3 Å². The van der Waals surface area contributed by atoms with Crippen LogP contribution >= 0.6 is 0 Å². The minimum Gasteiger partial charge on any atom is -0.359 e. The number of alkyl halides is 3. The van der Waals surface area contributed by atoms with Gasteiger partial charge in [0.2, 0.25) is 0 Å². The average molecular weight is 475 g/mol. The number of imidazole rings is 1. The van der Waals surface area contributed by atoms with Gasteiger partial charge in [-0.15, -0.1) is 0 Å². The van der Waals surface area contributed by atoms with Gasteiger partial charge in [0.15, 0.2) is 23.2 Å². The smallest absolute Gasteiger partial charge is 0.359 e. The number of rotatable bonds is 4. The number of halogens is 6. The first-order valence-corrected chi connectivity index (χ1v) is 9.66. The fourth-order valence-corrected chi connectivity index (χ4v) is 3.32. The molecule has 2 aliphatic heterocycles. The summed E-state index contributed by atoms with van der Waals surface area (Å²) in [5, 5.41) is 7.86. The molecule has 1 aromatic heterocycles. The van der Waals surface area contributed by atoms with Crippen LogP contribution in [0.1, 0.15) is 11.3 Å². The maximum atomic E-state index is 14.2. The Hall–Kier alpha value is -4.22. The Kier molecular flexibility index (Phi) is 5.07. The number of fused-ring (bicyclic) bond motifs is 1. The van der Waals surface area contributed by atoms with E-state index in [1.165, 1.54) is 35.3 Å². The largest absolute Gasteiger partial charge is 0.416 e. The van der Waals surface area contributed by atoms with E-state index >= 15 is 0 Å². The van der Waals surface area contributed by atoms with Crippen molar-refractivity contribution in [2.75, 3.05) is 0 Å². The van der Waals surface area contributed by atoms with Gasteiger partial charge in [0, 0.05) is 11.6 Å². The summed E-state index contributed by atoms with van der Waals surface area (Å²) in [6, 6.07) is 7.17. The molecule has 34 heavy (non-hydrogen) atoms. The normalized spacial score (nSPS) is 11.9. The summed E-state index contributed by atoms with van der Waals surface area (Å²) in [4.78, 5) is 8.37. The maximum Gasteiger partial charge on any atom is 0.416 e. The van der Waals surface area contributed by atoms with Crippen LogP contribution in [0.4, 0.5) is 26.3 Å². The molecule has 0 radical (unpaired) electrons. The Balaban J connectivity index is 1.40. The monoisotopic (exact) mass is 475 g/mol. The molecule has 12 heteroatoms. The third-order valence-corrected chi connectivity index (χ3v) is 4.96. The molecule has 0 N–H and O–H groups in total. The van der Waals surface area contributed by atoms with E-state index in [0.717, 1.165) is 18.2 Å². The van der Waals surface area contributed by atoms with Crippen LogP contribution in [0, 0.1) is 17.5 Å². The van der Waals surface area contributed by atoms with Crippen molar-refractivity contribution in [3.8, 4) is 34.0 Å². The number of hydrogen-bond donors (Lipinski definition) is 0. The van der Waals surface area contributed by atoms with Crippen molar-refractivity contribution in [2.24, 2.45) is 0 Å². The molecule has 0 bridgehead atoms. The number of aromatic nitrogens is 5. The molecule has 0 saturated carbocycles. The lowest BCUT2D eigenvalue weighted by Gasteiger charge is -2.07. The van der Waals surface area contributed by atoms with Crippen LogP contribution in [0.25, 0.3) is 34.0 Å². The van der Waals surface area contributed by atoms with Gasteiger partial charge in [-0.3, -0.25) is 4.68 Å². The molecule has 0 amide bonds. The van der Waals surface area contributed by atoms with E-state index in [0.29, 0.717) is 17.5 Å². The molecule has 0 saturated heterocycles. The third kappa shape index (κ3) is 3.98. The van der Waals surface area contributed by atoms with E-state index in [2.05, 4.69) is 20.2 Å². The van der Waals surface area contributed by atoms with Crippen molar-refractivity contribution in [3.05, 3.63) is 83.6 Å². The summed E-state index contributed by atoms with van der Waals surface area (Å²) in [6.45, 7) is 0.0295. The third-order valence-electron chi connectivity index (χ3n) is 4.96. The van der Waals surface area contributed by atoms with E-state index in [-0.39, 0.29) is 35.0 Å². The van der Waals surface area contributed by atoms with Crippen LogP contribution in [0.15, 0.2) is 59.4 Å². The summed E-state index contributed by atoms with van der Waals surface area (Å²) in [7, 11) is 0. The number of hydrogen-bond acceptors (Lipinski definition) is 5. The summed E-state index contributed by atoms with van der Waals surface area (Å²) >= 11 is 0. The number of benzene rings is 2. The highest BCUT2D eigenvalue weighted by Crippen LogP contribution is 2.33. The van der Waals surface area contributed by atoms with E-state index in [4.69, 9.17) is 4.52 Å². The maximum absolute atomic E-state index is 14.2. The highest BCUT2D eigenvalue weighted by molar-refractivity contribution is 5.65. The fourth-order valence-electron chi connectivity index (χ4n) is 3.32. The topological polar surface area (TPSA) is 69.6 Å². The Morgan fingerprint density at radius 1 is 0.853 bits per heavy atom. The van der Waals surface area contributed by atoms with E-state index < -0.39 is 29.2 Å². The van der Waals surface area contributed by atoms with Crippen LogP contribution in [-0.4, -0.2) is 24.9 Å². The van der Waals surface area contributed by atoms with Crippen molar-refractivity contribution >= 4 is 0 Å². The second-order valence-electron chi connectivity index (χ2n) is 7.26. The zero-order chi connectivity index (χ0) is 24.0. The number of nitrogens with zero attached hydrogens (tertiary/aromatic N) is 5. The Morgan fingerprint density at radius 3 is 2.41 bits per heavy atom. The standard InChI is InChI=1S/C22H11F6N5O/c23-15-3-1-2-14(20(15)25)21-30-18-8-29-33(10-19(18)31-21)9-12-7-17(32-34-12)13-5-4-11(6-16(13)24)22(26,27)28/h1-8,10H,9H2. The summed E-state index contributed by atoms with van der Waals surface area (Å²) in [5.74, 6) is -2.95. The van der Waals surface area contributed by atoms with Crippen molar-refractivity contribution < 1.29 is 30.9 Å². The molecule has 0 fully saturated rings. The van der Waals surface area contributed by atoms with Gasteiger partial charge in [-0.25, -0.2) is 23.1 Å². The molecule has 0 aliphatic carbocycles. The first-order valence-electron chi connectivity index (χ1n) is 9.66. The second-order valence-corrected chi connectivity index (χ2v) is 7.26.